The summed E-state index contributed by atoms with van der Waals surface area (Å²) in [7, 11) is 3.69. The first-order valence-corrected chi connectivity index (χ1v) is 6.01. The molecule has 4 heteroatoms. The van der Waals surface area contributed by atoms with E-state index in [-0.39, 0.29) is 18.0 Å². The van der Waals surface area contributed by atoms with Crippen LogP contribution in [0.5, 0.6) is 0 Å². The number of methoxy groups -OCH3 is 1. The van der Waals surface area contributed by atoms with Crippen molar-refractivity contribution in [3.05, 3.63) is 0 Å². The molecule has 0 spiro atoms. The van der Waals surface area contributed by atoms with E-state index in [1.807, 2.05) is 7.05 Å². The van der Waals surface area contributed by atoms with Gasteiger partial charge in [-0.3, -0.25) is 9.69 Å². The molecule has 1 aliphatic rings. The molecule has 0 bridgehead atoms. The molecule has 4 nitrogen and oxygen atoms in total. The summed E-state index contributed by atoms with van der Waals surface area (Å²) in [4.78, 5) is 13.4. The normalized spacial score (nSPS) is 28.0. The van der Waals surface area contributed by atoms with Gasteiger partial charge in [-0.25, -0.2) is 0 Å². The van der Waals surface area contributed by atoms with Gasteiger partial charge in [0.15, 0.2) is 0 Å². The molecule has 1 fully saturated rings. The monoisotopic (exact) mass is 229 g/mol. The minimum Gasteiger partial charge on any atom is -0.481 e. The van der Waals surface area contributed by atoms with Gasteiger partial charge >= 0.3 is 5.97 Å². The van der Waals surface area contributed by atoms with E-state index < -0.39 is 5.97 Å². The van der Waals surface area contributed by atoms with Crippen molar-refractivity contribution in [3.8, 4) is 0 Å². The highest BCUT2D eigenvalue weighted by Gasteiger charge is 2.34. The second-order valence-corrected chi connectivity index (χ2v) is 4.77. The average Bonchev–Trinajstić information content (AvgIpc) is 2.28. The van der Waals surface area contributed by atoms with Crippen LogP contribution in [0.1, 0.15) is 32.6 Å². The van der Waals surface area contributed by atoms with Crippen LogP contribution in [0.25, 0.3) is 0 Å². The maximum absolute atomic E-state index is 11.2. The number of carbonyl (C=O) groups is 1. The molecule has 0 amide bonds. The fourth-order valence-electron chi connectivity index (χ4n) is 2.57. The number of nitrogens with zero attached hydrogens (tertiary/aromatic N) is 1. The Morgan fingerprint density at radius 1 is 1.50 bits per heavy atom. The van der Waals surface area contributed by atoms with Crippen LogP contribution in [0.3, 0.4) is 0 Å². The van der Waals surface area contributed by atoms with Crippen molar-refractivity contribution < 1.29 is 14.6 Å². The summed E-state index contributed by atoms with van der Waals surface area (Å²) in [6, 6.07) is 0.436. The molecule has 0 heterocycles. The predicted molar refractivity (Wildman–Crippen MR) is 62.5 cm³/mol. The molecule has 94 valence electrons. The van der Waals surface area contributed by atoms with Gasteiger partial charge in [0.2, 0.25) is 0 Å². The third-order valence-electron chi connectivity index (χ3n) is 3.67. The quantitative estimate of drug-likeness (QED) is 0.778. The van der Waals surface area contributed by atoms with Crippen molar-refractivity contribution in [1.29, 1.82) is 0 Å². The Morgan fingerprint density at radius 2 is 2.12 bits per heavy atom. The van der Waals surface area contributed by atoms with Crippen LogP contribution in [-0.4, -0.2) is 48.8 Å². The third-order valence-corrected chi connectivity index (χ3v) is 3.67. The fraction of sp³-hybridized carbons (Fsp3) is 0.917. The van der Waals surface area contributed by atoms with E-state index in [4.69, 9.17) is 4.74 Å². The number of ether oxygens (including phenoxy) is 1. The molecule has 0 saturated heterocycles. The molecular weight excluding hydrogens is 206 g/mol. The van der Waals surface area contributed by atoms with Gasteiger partial charge in [0, 0.05) is 19.2 Å². The Labute approximate surface area is 97.6 Å². The Morgan fingerprint density at radius 3 is 2.69 bits per heavy atom. The first kappa shape index (κ1) is 13.5. The lowest BCUT2D eigenvalue weighted by atomic mass is 9.83. The van der Waals surface area contributed by atoms with Crippen LogP contribution in [0.2, 0.25) is 0 Å². The third kappa shape index (κ3) is 3.19. The van der Waals surface area contributed by atoms with Crippen LogP contribution < -0.4 is 0 Å². The molecule has 0 aromatic carbocycles. The van der Waals surface area contributed by atoms with Crippen molar-refractivity contribution in [2.24, 2.45) is 5.92 Å². The largest absolute Gasteiger partial charge is 0.481 e. The maximum atomic E-state index is 11.2. The SMILES string of the molecule is COCC(C)N(C)C1CCCCC1C(=O)O. The van der Waals surface area contributed by atoms with Gasteiger partial charge in [-0.1, -0.05) is 12.8 Å². The number of rotatable bonds is 5. The lowest BCUT2D eigenvalue weighted by Crippen LogP contribution is -2.48. The molecule has 3 unspecified atom stereocenters. The van der Waals surface area contributed by atoms with Crippen molar-refractivity contribution in [1.82, 2.24) is 4.90 Å². The van der Waals surface area contributed by atoms with E-state index in [1.54, 1.807) is 7.11 Å². The Bertz CT molecular complexity index is 232. The summed E-state index contributed by atoms with van der Waals surface area (Å²) in [5, 5.41) is 9.21. The van der Waals surface area contributed by atoms with Crippen molar-refractivity contribution in [3.63, 3.8) is 0 Å². The summed E-state index contributed by atoms with van der Waals surface area (Å²) < 4.78 is 5.12. The molecular formula is C12H23NO3. The van der Waals surface area contributed by atoms with Crippen LogP contribution >= 0.6 is 0 Å². The zero-order valence-corrected chi connectivity index (χ0v) is 10.5. The second kappa shape index (κ2) is 6.21. The smallest absolute Gasteiger partial charge is 0.308 e. The van der Waals surface area contributed by atoms with Gasteiger partial charge in [0.1, 0.15) is 0 Å². The molecule has 3 atom stereocenters. The number of carboxylic acid groups (broad SMARTS) is 1. The molecule has 1 aliphatic carbocycles. The van der Waals surface area contributed by atoms with Crippen LogP contribution in [0.15, 0.2) is 0 Å². The highest BCUT2D eigenvalue weighted by atomic mass is 16.5. The number of likely N-dealkylation sites (N-methyl/N-ethyl adjacent to an activating group) is 1. The minimum absolute atomic E-state index is 0.163. The fourth-order valence-corrected chi connectivity index (χ4v) is 2.57. The van der Waals surface area contributed by atoms with Crippen LogP contribution in [0, 0.1) is 5.92 Å². The Balaban J connectivity index is 2.63. The highest BCUT2D eigenvalue weighted by molar-refractivity contribution is 5.71. The number of hydrogen-bond acceptors (Lipinski definition) is 3. The van der Waals surface area contributed by atoms with E-state index in [1.165, 1.54) is 0 Å². The molecule has 1 rings (SSSR count). The van der Waals surface area contributed by atoms with E-state index >= 15 is 0 Å². The summed E-state index contributed by atoms with van der Waals surface area (Å²) in [5.74, 6) is -0.862. The predicted octanol–water partition coefficient (Wildman–Crippen LogP) is 1.60. The van der Waals surface area contributed by atoms with Crippen molar-refractivity contribution in [2.75, 3.05) is 20.8 Å². The molecule has 0 aliphatic heterocycles. The molecule has 0 aromatic rings. The molecule has 1 saturated carbocycles. The molecule has 0 radical (unpaired) electrons. The number of aliphatic carboxylic acids is 1. The molecule has 16 heavy (non-hydrogen) atoms. The van der Waals surface area contributed by atoms with Gasteiger partial charge in [-0.15, -0.1) is 0 Å². The van der Waals surface area contributed by atoms with E-state index in [2.05, 4.69) is 11.8 Å². The molecule has 1 N–H and O–H groups in total. The van der Waals surface area contributed by atoms with Crippen molar-refractivity contribution >= 4 is 5.97 Å². The maximum Gasteiger partial charge on any atom is 0.308 e. The number of hydrogen-bond donors (Lipinski definition) is 1. The van der Waals surface area contributed by atoms with Gasteiger partial charge in [-0.05, 0) is 26.8 Å². The summed E-state index contributed by atoms with van der Waals surface area (Å²) in [5.41, 5.74) is 0. The zero-order chi connectivity index (χ0) is 12.1. The van der Waals surface area contributed by atoms with E-state index in [0.29, 0.717) is 6.61 Å². The Hall–Kier alpha value is -0.610. The number of carboxylic acids is 1. The van der Waals surface area contributed by atoms with Gasteiger partial charge < -0.3 is 9.84 Å². The lowest BCUT2D eigenvalue weighted by molar-refractivity contribution is -0.146. The molecule has 0 aromatic heterocycles. The first-order valence-electron chi connectivity index (χ1n) is 6.01. The summed E-state index contributed by atoms with van der Waals surface area (Å²) in [6.07, 6.45) is 3.98. The lowest BCUT2D eigenvalue weighted by Gasteiger charge is -2.38. The minimum atomic E-state index is -0.652. The standard InChI is InChI=1S/C12H23NO3/c1-9(8-16-3)13(2)11-7-5-4-6-10(11)12(14)15/h9-11H,4-8H2,1-3H3,(H,14,15). The van der Waals surface area contributed by atoms with E-state index in [9.17, 15) is 9.90 Å². The topological polar surface area (TPSA) is 49.8 Å². The van der Waals surface area contributed by atoms with Gasteiger partial charge in [0.25, 0.3) is 0 Å². The van der Waals surface area contributed by atoms with Gasteiger partial charge in [-0.2, -0.15) is 0 Å². The van der Waals surface area contributed by atoms with Crippen molar-refractivity contribution in [2.45, 2.75) is 44.7 Å². The first-order chi connectivity index (χ1) is 7.57. The summed E-state index contributed by atoms with van der Waals surface area (Å²) >= 11 is 0. The second-order valence-electron chi connectivity index (χ2n) is 4.77. The van der Waals surface area contributed by atoms with Gasteiger partial charge in [0.05, 0.1) is 12.5 Å². The zero-order valence-electron chi connectivity index (χ0n) is 10.5. The van der Waals surface area contributed by atoms with Crippen LogP contribution in [0.4, 0.5) is 0 Å². The highest BCUT2D eigenvalue weighted by Crippen LogP contribution is 2.29. The summed E-state index contributed by atoms with van der Waals surface area (Å²) in [6.45, 7) is 2.73. The van der Waals surface area contributed by atoms with Crippen LogP contribution in [-0.2, 0) is 9.53 Å². The van der Waals surface area contributed by atoms with E-state index in [0.717, 1.165) is 25.7 Å². The average molecular weight is 229 g/mol. The Kier molecular flexibility index (Phi) is 5.22.